The predicted molar refractivity (Wildman–Crippen MR) is 69.4 cm³/mol. The van der Waals surface area contributed by atoms with E-state index in [-0.39, 0.29) is 5.91 Å². The summed E-state index contributed by atoms with van der Waals surface area (Å²) in [6.45, 7) is 0.465. The van der Waals surface area contributed by atoms with Gasteiger partial charge in [0.05, 0.1) is 18.8 Å². The van der Waals surface area contributed by atoms with Crippen LogP contribution in [0.15, 0.2) is 24.3 Å². The molecule has 92 valence electrons. The molecule has 0 aromatic heterocycles. The van der Waals surface area contributed by atoms with E-state index in [1.807, 2.05) is 24.3 Å². The largest absolute Gasteiger partial charge is 0.617 e. The number of hydrogen-bond donors (Lipinski definition) is 1. The summed E-state index contributed by atoms with van der Waals surface area (Å²) in [4.78, 5) is 13.7. The zero-order valence-electron chi connectivity index (χ0n) is 9.76. The molecule has 17 heavy (non-hydrogen) atoms. The first-order valence-electron chi connectivity index (χ1n) is 5.54. The molecular weight excluding hydrogens is 236 g/mol. The first-order valence-corrected chi connectivity index (χ1v) is 7.27. The van der Waals surface area contributed by atoms with Crippen molar-refractivity contribution in [1.82, 2.24) is 0 Å². The number of anilines is 1. The van der Waals surface area contributed by atoms with E-state index in [4.69, 9.17) is 5.73 Å². The second-order valence-corrected chi connectivity index (χ2v) is 5.76. The third-order valence-electron chi connectivity index (χ3n) is 2.91. The van der Waals surface area contributed by atoms with Gasteiger partial charge in [-0.3, -0.25) is 4.79 Å². The number of nitrogens with two attached hydrogens (primary N) is 1. The lowest BCUT2D eigenvalue weighted by atomic mass is 9.98. The molecule has 1 aliphatic heterocycles. The van der Waals surface area contributed by atoms with E-state index in [0.717, 1.165) is 11.3 Å². The number of carbonyl (C=O) groups excluding carboxylic acids is 1. The SMILES string of the molecule is C[S+]([O-])CCN1C(=O)C(N)Cc2ccccc21. The minimum atomic E-state index is -0.905. The van der Waals surface area contributed by atoms with Crippen LogP contribution in [0, 0.1) is 0 Å². The quantitative estimate of drug-likeness (QED) is 0.786. The molecule has 0 aliphatic carbocycles. The zero-order valence-corrected chi connectivity index (χ0v) is 10.6. The van der Waals surface area contributed by atoms with Crippen LogP contribution in [0.3, 0.4) is 0 Å². The Balaban J connectivity index is 2.26. The van der Waals surface area contributed by atoms with Crippen molar-refractivity contribution < 1.29 is 9.35 Å². The molecule has 1 heterocycles. The van der Waals surface area contributed by atoms with Gasteiger partial charge in [-0.05, 0) is 18.1 Å². The first-order chi connectivity index (χ1) is 8.09. The molecule has 0 radical (unpaired) electrons. The number of nitrogens with zero attached hydrogens (tertiary/aromatic N) is 1. The van der Waals surface area contributed by atoms with Gasteiger partial charge in [-0.2, -0.15) is 0 Å². The highest BCUT2D eigenvalue weighted by molar-refractivity contribution is 7.90. The fourth-order valence-corrected chi connectivity index (χ4v) is 2.48. The monoisotopic (exact) mass is 252 g/mol. The van der Waals surface area contributed by atoms with Gasteiger partial charge in [0, 0.05) is 5.69 Å². The Morgan fingerprint density at radius 3 is 2.94 bits per heavy atom. The van der Waals surface area contributed by atoms with Gasteiger partial charge in [-0.1, -0.05) is 29.4 Å². The molecule has 4 nitrogen and oxygen atoms in total. The fourth-order valence-electron chi connectivity index (χ4n) is 2.04. The highest BCUT2D eigenvalue weighted by Crippen LogP contribution is 2.26. The average Bonchev–Trinajstić information content (AvgIpc) is 2.29. The molecule has 0 fully saturated rings. The summed E-state index contributed by atoms with van der Waals surface area (Å²) in [7, 11) is 0. The second-order valence-electron chi connectivity index (χ2n) is 4.21. The number of rotatable bonds is 3. The van der Waals surface area contributed by atoms with Crippen LogP contribution in [0.4, 0.5) is 5.69 Å². The summed E-state index contributed by atoms with van der Waals surface area (Å²) < 4.78 is 11.1. The van der Waals surface area contributed by atoms with Gasteiger partial charge in [0.15, 0.2) is 0 Å². The van der Waals surface area contributed by atoms with E-state index in [1.54, 1.807) is 11.2 Å². The molecule has 2 atom stereocenters. The highest BCUT2D eigenvalue weighted by atomic mass is 32.2. The highest BCUT2D eigenvalue weighted by Gasteiger charge is 2.30. The van der Waals surface area contributed by atoms with Crippen LogP contribution in [0.5, 0.6) is 0 Å². The summed E-state index contributed by atoms with van der Waals surface area (Å²) in [6, 6.07) is 7.26. The smallest absolute Gasteiger partial charge is 0.244 e. The number of fused-ring (bicyclic) bond motifs is 1. The molecule has 0 saturated heterocycles. The van der Waals surface area contributed by atoms with Crippen molar-refractivity contribution in [1.29, 1.82) is 0 Å². The van der Waals surface area contributed by atoms with E-state index in [2.05, 4.69) is 0 Å². The van der Waals surface area contributed by atoms with Crippen molar-refractivity contribution >= 4 is 22.8 Å². The number of para-hydroxylation sites is 1. The standard InChI is InChI=1S/C12H16N2O2S/c1-17(16)7-6-14-11-5-3-2-4-9(11)8-10(13)12(14)15/h2-5,10H,6-8,13H2,1H3. The van der Waals surface area contributed by atoms with Gasteiger partial charge in [-0.15, -0.1) is 0 Å². The lowest BCUT2D eigenvalue weighted by Gasteiger charge is -2.32. The number of benzene rings is 1. The summed E-state index contributed by atoms with van der Waals surface area (Å²) >= 11 is -0.905. The maximum atomic E-state index is 12.0. The summed E-state index contributed by atoms with van der Waals surface area (Å²) in [5.41, 5.74) is 7.81. The van der Waals surface area contributed by atoms with Crippen molar-refractivity contribution in [3.8, 4) is 0 Å². The van der Waals surface area contributed by atoms with Crippen LogP contribution in [0.25, 0.3) is 0 Å². The lowest BCUT2D eigenvalue weighted by Crippen LogP contribution is -2.50. The topological polar surface area (TPSA) is 69.4 Å². The van der Waals surface area contributed by atoms with E-state index in [0.29, 0.717) is 18.7 Å². The van der Waals surface area contributed by atoms with E-state index < -0.39 is 17.2 Å². The molecule has 0 spiro atoms. The zero-order chi connectivity index (χ0) is 12.4. The molecule has 0 bridgehead atoms. The van der Waals surface area contributed by atoms with Crippen LogP contribution in [-0.4, -0.2) is 35.1 Å². The third-order valence-corrected chi connectivity index (χ3v) is 3.67. The number of amides is 1. The van der Waals surface area contributed by atoms with Crippen molar-refractivity contribution in [2.45, 2.75) is 12.5 Å². The minimum Gasteiger partial charge on any atom is -0.617 e. The average molecular weight is 252 g/mol. The number of carbonyl (C=O) groups is 1. The number of hydrogen-bond acceptors (Lipinski definition) is 3. The van der Waals surface area contributed by atoms with Crippen LogP contribution < -0.4 is 10.6 Å². The maximum absolute atomic E-state index is 12.0. The van der Waals surface area contributed by atoms with Crippen molar-refractivity contribution in [2.75, 3.05) is 23.5 Å². The Bertz CT molecular complexity index is 423. The first kappa shape index (κ1) is 12.4. The van der Waals surface area contributed by atoms with Gasteiger partial charge < -0.3 is 15.2 Å². The molecule has 1 aromatic rings. The Labute approximate surface area is 104 Å². The van der Waals surface area contributed by atoms with Crippen LogP contribution in [0.2, 0.25) is 0 Å². The normalized spacial score (nSPS) is 21.2. The third kappa shape index (κ3) is 2.62. The molecule has 2 unspecified atom stereocenters. The molecule has 2 N–H and O–H groups in total. The van der Waals surface area contributed by atoms with E-state index in [1.165, 1.54) is 0 Å². The summed E-state index contributed by atoms with van der Waals surface area (Å²) in [5, 5.41) is 0. The Hall–Kier alpha value is -1.04. The van der Waals surface area contributed by atoms with Crippen LogP contribution in [-0.2, 0) is 22.4 Å². The van der Waals surface area contributed by atoms with Crippen molar-refractivity contribution in [3.05, 3.63) is 29.8 Å². The molecule has 1 aromatic carbocycles. The minimum absolute atomic E-state index is 0.0749. The van der Waals surface area contributed by atoms with E-state index in [9.17, 15) is 9.35 Å². The summed E-state index contributed by atoms with van der Waals surface area (Å²) in [6.07, 6.45) is 2.22. The Kier molecular flexibility index (Phi) is 3.71. The van der Waals surface area contributed by atoms with Crippen molar-refractivity contribution in [3.63, 3.8) is 0 Å². The van der Waals surface area contributed by atoms with Gasteiger partial charge in [0.1, 0.15) is 5.75 Å². The summed E-state index contributed by atoms with van der Waals surface area (Å²) in [5.74, 6) is 0.404. The lowest BCUT2D eigenvalue weighted by molar-refractivity contribution is -0.120. The van der Waals surface area contributed by atoms with Crippen LogP contribution in [0.1, 0.15) is 5.56 Å². The van der Waals surface area contributed by atoms with Gasteiger partial charge in [-0.25, -0.2) is 0 Å². The van der Waals surface area contributed by atoms with Crippen molar-refractivity contribution in [2.24, 2.45) is 5.73 Å². The van der Waals surface area contributed by atoms with Gasteiger partial charge in [0.25, 0.3) is 0 Å². The Morgan fingerprint density at radius 2 is 2.24 bits per heavy atom. The Morgan fingerprint density at radius 1 is 1.53 bits per heavy atom. The second kappa shape index (κ2) is 5.08. The molecule has 1 amide bonds. The molecular formula is C12H16N2O2S. The fraction of sp³-hybridized carbons (Fsp3) is 0.417. The molecule has 1 aliphatic rings. The van der Waals surface area contributed by atoms with E-state index >= 15 is 0 Å². The van der Waals surface area contributed by atoms with Gasteiger partial charge >= 0.3 is 0 Å². The molecule has 2 rings (SSSR count). The maximum Gasteiger partial charge on any atom is 0.244 e. The van der Waals surface area contributed by atoms with Crippen LogP contribution >= 0.6 is 0 Å². The predicted octanol–water partition coefficient (Wildman–Crippen LogP) is 0.282. The molecule has 0 saturated carbocycles. The van der Waals surface area contributed by atoms with Gasteiger partial charge in [0.2, 0.25) is 5.91 Å². The molecule has 5 heteroatoms.